The van der Waals surface area contributed by atoms with Gasteiger partial charge in [-0.1, -0.05) is 12.1 Å². The minimum atomic E-state index is -0.243. The molecular formula is C13H12N2O2. The molecule has 0 radical (unpaired) electrons. The van der Waals surface area contributed by atoms with E-state index in [0.717, 1.165) is 11.4 Å². The first-order chi connectivity index (χ1) is 8.27. The van der Waals surface area contributed by atoms with Crippen LogP contribution >= 0.6 is 0 Å². The second-order valence-corrected chi connectivity index (χ2v) is 4.02. The smallest absolute Gasteiger partial charge is 0.257 e. The Morgan fingerprint density at radius 1 is 1.24 bits per heavy atom. The van der Waals surface area contributed by atoms with E-state index in [2.05, 4.69) is 5.32 Å². The van der Waals surface area contributed by atoms with Crippen LogP contribution in [0.25, 0.3) is 0 Å². The van der Waals surface area contributed by atoms with Gasteiger partial charge in [-0.25, -0.2) is 0 Å². The molecule has 0 saturated heterocycles. The van der Waals surface area contributed by atoms with Crippen molar-refractivity contribution in [2.45, 2.75) is 6.17 Å². The third-order valence-electron chi connectivity index (χ3n) is 2.97. The van der Waals surface area contributed by atoms with Gasteiger partial charge < -0.3 is 14.6 Å². The van der Waals surface area contributed by atoms with Crippen molar-refractivity contribution < 1.29 is 9.21 Å². The number of carbonyl (C=O) groups excluding carboxylic acids is 1. The SMILES string of the molecule is CN1C(=O)c2ccccc2N[C@H]1c1ccco1. The highest BCUT2D eigenvalue weighted by atomic mass is 16.3. The summed E-state index contributed by atoms with van der Waals surface area (Å²) in [5.41, 5.74) is 1.54. The first-order valence-corrected chi connectivity index (χ1v) is 5.43. The molecule has 1 atom stereocenters. The van der Waals surface area contributed by atoms with Crippen molar-refractivity contribution in [2.24, 2.45) is 0 Å². The number of benzene rings is 1. The Kier molecular flexibility index (Phi) is 2.14. The Balaban J connectivity index is 2.05. The van der Waals surface area contributed by atoms with E-state index >= 15 is 0 Å². The zero-order valence-corrected chi connectivity index (χ0v) is 9.38. The van der Waals surface area contributed by atoms with E-state index in [0.29, 0.717) is 5.56 Å². The maximum absolute atomic E-state index is 12.2. The molecule has 2 aromatic rings. The van der Waals surface area contributed by atoms with E-state index in [1.165, 1.54) is 0 Å². The molecule has 1 aliphatic rings. The molecule has 86 valence electrons. The quantitative estimate of drug-likeness (QED) is 0.815. The molecule has 0 fully saturated rings. The molecule has 3 rings (SSSR count). The molecule has 1 aliphatic heterocycles. The fraction of sp³-hybridized carbons (Fsp3) is 0.154. The zero-order chi connectivity index (χ0) is 11.8. The molecule has 0 bridgehead atoms. The summed E-state index contributed by atoms with van der Waals surface area (Å²) < 4.78 is 5.35. The van der Waals surface area contributed by atoms with Crippen LogP contribution in [0.3, 0.4) is 0 Å². The van der Waals surface area contributed by atoms with Crippen LogP contribution in [0.5, 0.6) is 0 Å². The summed E-state index contributed by atoms with van der Waals surface area (Å²) in [4.78, 5) is 13.8. The molecule has 0 saturated carbocycles. The Morgan fingerprint density at radius 2 is 2.06 bits per heavy atom. The highest BCUT2D eigenvalue weighted by molar-refractivity contribution is 6.01. The average molecular weight is 228 g/mol. The topological polar surface area (TPSA) is 45.5 Å². The molecule has 17 heavy (non-hydrogen) atoms. The summed E-state index contributed by atoms with van der Waals surface area (Å²) in [5, 5.41) is 3.29. The third kappa shape index (κ3) is 1.49. The predicted octanol–water partition coefficient (Wildman–Crippen LogP) is 2.48. The largest absolute Gasteiger partial charge is 0.465 e. The lowest BCUT2D eigenvalue weighted by molar-refractivity contribution is 0.0719. The molecule has 4 nitrogen and oxygen atoms in total. The predicted molar refractivity (Wildman–Crippen MR) is 63.6 cm³/mol. The molecule has 1 aromatic heterocycles. The minimum absolute atomic E-state index is 0.000694. The van der Waals surface area contributed by atoms with Crippen LogP contribution < -0.4 is 5.32 Å². The molecule has 0 spiro atoms. The highest BCUT2D eigenvalue weighted by Gasteiger charge is 2.31. The van der Waals surface area contributed by atoms with Gasteiger partial charge in [0.25, 0.3) is 5.91 Å². The number of rotatable bonds is 1. The second-order valence-electron chi connectivity index (χ2n) is 4.02. The Bertz CT molecular complexity index is 548. The van der Waals surface area contributed by atoms with Crippen LogP contribution in [0.1, 0.15) is 22.3 Å². The van der Waals surface area contributed by atoms with Crippen LogP contribution in [0.2, 0.25) is 0 Å². The summed E-state index contributed by atoms with van der Waals surface area (Å²) in [6, 6.07) is 11.2. The molecule has 1 N–H and O–H groups in total. The van der Waals surface area contributed by atoms with Gasteiger partial charge in [-0.15, -0.1) is 0 Å². The maximum atomic E-state index is 12.2. The van der Waals surface area contributed by atoms with E-state index in [9.17, 15) is 4.79 Å². The van der Waals surface area contributed by atoms with Crippen LogP contribution in [0, 0.1) is 0 Å². The van der Waals surface area contributed by atoms with E-state index in [4.69, 9.17) is 4.42 Å². The number of carbonyl (C=O) groups is 1. The lowest BCUT2D eigenvalue weighted by Gasteiger charge is -2.33. The van der Waals surface area contributed by atoms with E-state index in [1.54, 1.807) is 18.2 Å². The van der Waals surface area contributed by atoms with E-state index < -0.39 is 0 Å². The van der Waals surface area contributed by atoms with Gasteiger partial charge in [0.15, 0.2) is 6.17 Å². The van der Waals surface area contributed by atoms with Gasteiger partial charge in [-0.05, 0) is 24.3 Å². The number of nitrogens with zero attached hydrogens (tertiary/aromatic N) is 1. The molecule has 0 aliphatic carbocycles. The number of furan rings is 1. The van der Waals surface area contributed by atoms with Gasteiger partial charge in [0.05, 0.1) is 11.8 Å². The van der Waals surface area contributed by atoms with Gasteiger partial charge in [0, 0.05) is 12.7 Å². The van der Waals surface area contributed by atoms with Crippen molar-refractivity contribution in [3.05, 3.63) is 54.0 Å². The number of para-hydroxylation sites is 1. The number of fused-ring (bicyclic) bond motifs is 1. The Morgan fingerprint density at radius 3 is 2.82 bits per heavy atom. The van der Waals surface area contributed by atoms with Crippen molar-refractivity contribution >= 4 is 11.6 Å². The Hall–Kier alpha value is -2.23. The average Bonchev–Trinajstić information content (AvgIpc) is 2.87. The summed E-state index contributed by atoms with van der Waals surface area (Å²) in [6.45, 7) is 0. The fourth-order valence-corrected chi connectivity index (χ4v) is 2.06. The van der Waals surface area contributed by atoms with Crippen LogP contribution in [-0.4, -0.2) is 17.9 Å². The Labute approximate surface area is 98.8 Å². The summed E-state index contributed by atoms with van der Waals surface area (Å²) in [5.74, 6) is 0.733. The first kappa shape index (κ1) is 9.96. The van der Waals surface area contributed by atoms with Gasteiger partial charge in [0.1, 0.15) is 5.76 Å². The summed E-state index contributed by atoms with van der Waals surface area (Å²) in [6.07, 6.45) is 1.36. The van der Waals surface area contributed by atoms with Crippen molar-refractivity contribution in [1.29, 1.82) is 0 Å². The van der Waals surface area contributed by atoms with Gasteiger partial charge >= 0.3 is 0 Å². The van der Waals surface area contributed by atoms with Gasteiger partial charge in [0.2, 0.25) is 0 Å². The highest BCUT2D eigenvalue weighted by Crippen LogP contribution is 2.31. The van der Waals surface area contributed by atoms with Crippen LogP contribution in [-0.2, 0) is 0 Å². The second kappa shape index (κ2) is 3.66. The van der Waals surface area contributed by atoms with Crippen molar-refractivity contribution in [3.63, 3.8) is 0 Å². The number of nitrogens with one attached hydrogen (secondary N) is 1. The molecule has 1 aromatic carbocycles. The number of anilines is 1. The molecule has 2 heterocycles. The monoisotopic (exact) mass is 228 g/mol. The van der Waals surface area contributed by atoms with Gasteiger partial charge in [-0.2, -0.15) is 0 Å². The number of amides is 1. The number of hydrogen-bond donors (Lipinski definition) is 1. The maximum Gasteiger partial charge on any atom is 0.257 e. The standard InChI is InChI=1S/C13H12N2O2/c1-15-12(11-7-4-8-17-11)14-10-6-3-2-5-9(10)13(15)16/h2-8,12,14H,1H3/t12-/m1/s1. The lowest BCUT2D eigenvalue weighted by atomic mass is 10.1. The molecule has 1 amide bonds. The van der Waals surface area contributed by atoms with Crippen molar-refractivity contribution in [3.8, 4) is 0 Å². The summed E-state index contributed by atoms with van der Waals surface area (Å²) >= 11 is 0. The van der Waals surface area contributed by atoms with Crippen LogP contribution in [0.15, 0.2) is 47.1 Å². The lowest BCUT2D eigenvalue weighted by Crippen LogP contribution is -2.39. The normalized spacial score (nSPS) is 18.8. The third-order valence-corrected chi connectivity index (χ3v) is 2.97. The molecule has 0 unspecified atom stereocenters. The zero-order valence-electron chi connectivity index (χ0n) is 9.38. The molecule has 4 heteroatoms. The molecular weight excluding hydrogens is 216 g/mol. The fourth-order valence-electron chi connectivity index (χ4n) is 2.06. The number of hydrogen-bond acceptors (Lipinski definition) is 3. The van der Waals surface area contributed by atoms with E-state index in [-0.39, 0.29) is 12.1 Å². The van der Waals surface area contributed by atoms with Gasteiger partial charge in [-0.3, -0.25) is 4.79 Å². The first-order valence-electron chi connectivity index (χ1n) is 5.43. The van der Waals surface area contributed by atoms with Crippen LogP contribution in [0.4, 0.5) is 5.69 Å². The minimum Gasteiger partial charge on any atom is -0.465 e. The van der Waals surface area contributed by atoms with Crippen molar-refractivity contribution in [1.82, 2.24) is 4.90 Å². The van der Waals surface area contributed by atoms with Crippen molar-refractivity contribution in [2.75, 3.05) is 12.4 Å². The van der Waals surface area contributed by atoms with E-state index in [1.807, 2.05) is 36.4 Å². The summed E-state index contributed by atoms with van der Waals surface area (Å²) in [7, 11) is 1.76.